The Labute approximate surface area is 122 Å². The summed E-state index contributed by atoms with van der Waals surface area (Å²) in [6.45, 7) is 2.18. The minimum absolute atomic E-state index is 0.141. The first kappa shape index (κ1) is 13.6. The fourth-order valence-corrected chi connectivity index (χ4v) is 2.46. The van der Waals surface area contributed by atoms with Gasteiger partial charge < -0.3 is 10.1 Å². The number of aryl methyl sites for hydroxylation is 1. The zero-order valence-electron chi connectivity index (χ0n) is 11.7. The molecule has 1 aliphatic heterocycles. The number of carbonyl (C=O) groups is 1. The van der Waals surface area contributed by atoms with Gasteiger partial charge in [-0.25, -0.2) is 4.39 Å². The molecule has 0 aromatic heterocycles. The van der Waals surface area contributed by atoms with Crippen molar-refractivity contribution in [1.29, 1.82) is 0 Å². The lowest BCUT2D eigenvalue weighted by atomic mass is 9.96. The summed E-state index contributed by atoms with van der Waals surface area (Å²) in [6, 6.07) is 12.1. The van der Waals surface area contributed by atoms with Crippen LogP contribution in [0.15, 0.2) is 42.5 Å². The minimum atomic E-state index is -0.360. The molecule has 0 fully saturated rings. The van der Waals surface area contributed by atoms with Gasteiger partial charge in [0.25, 0.3) is 0 Å². The number of benzene rings is 2. The van der Waals surface area contributed by atoms with Gasteiger partial charge in [-0.2, -0.15) is 0 Å². The number of hydrogen-bond donors (Lipinski definition) is 1. The molecular weight excluding hydrogens is 269 g/mol. The van der Waals surface area contributed by atoms with Crippen LogP contribution < -0.4 is 10.1 Å². The zero-order valence-corrected chi connectivity index (χ0v) is 11.7. The van der Waals surface area contributed by atoms with Crippen LogP contribution in [0, 0.1) is 18.7 Å². The lowest BCUT2D eigenvalue weighted by molar-refractivity contribution is -0.121. The minimum Gasteiger partial charge on any atom is -0.492 e. The van der Waals surface area contributed by atoms with Crippen LogP contribution in [0.3, 0.4) is 0 Å². The molecule has 3 rings (SSSR count). The molecule has 0 aliphatic carbocycles. The summed E-state index contributed by atoms with van der Waals surface area (Å²) in [4.78, 5) is 12.3. The van der Waals surface area contributed by atoms with Crippen molar-refractivity contribution in [3.63, 3.8) is 0 Å². The largest absolute Gasteiger partial charge is 0.492 e. The smallest absolute Gasteiger partial charge is 0.231 e. The zero-order chi connectivity index (χ0) is 14.8. The standard InChI is InChI=1S/C17H16FNO2/c1-11-6-7-14(18)9-15(11)19-17(20)13-8-12-4-2-3-5-16(12)21-10-13/h2-7,9,13H,8,10H2,1H3,(H,19,20). The Morgan fingerprint density at radius 3 is 2.95 bits per heavy atom. The number of halogens is 1. The van der Waals surface area contributed by atoms with E-state index in [1.54, 1.807) is 6.07 Å². The Hall–Kier alpha value is -2.36. The molecule has 0 radical (unpaired) electrons. The molecule has 108 valence electrons. The first-order valence-corrected chi connectivity index (χ1v) is 6.91. The van der Waals surface area contributed by atoms with Crippen molar-refractivity contribution in [3.8, 4) is 5.75 Å². The molecule has 2 aromatic rings. The van der Waals surface area contributed by atoms with Crippen molar-refractivity contribution < 1.29 is 13.9 Å². The Kier molecular flexibility index (Phi) is 3.60. The normalized spacial score (nSPS) is 16.8. The third-order valence-corrected chi connectivity index (χ3v) is 3.71. The van der Waals surface area contributed by atoms with E-state index in [0.29, 0.717) is 18.7 Å². The van der Waals surface area contributed by atoms with Crippen molar-refractivity contribution in [3.05, 3.63) is 59.4 Å². The Bertz CT molecular complexity index is 684. The molecule has 1 unspecified atom stereocenters. The Morgan fingerprint density at radius 1 is 1.29 bits per heavy atom. The highest BCUT2D eigenvalue weighted by Crippen LogP contribution is 2.27. The molecule has 2 aromatic carbocycles. The maximum absolute atomic E-state index is 13.3. The molecule has 0 bridgehead atoms. The second-order valence-corrected chi connectivity index (χ2v) is 5.27. The highest BCUT2D eigenvalue weighted by atomic mass is 19.1. The molecule has 0 spiro atoms. The molecule has 1 amide bonds. The van der Waals surface area contributed by atoms with Crippen molar-refractivity contribution >= 4 is 11.6 Å². The van der Waals surface area contributed by atoms with Crippen molar-refractivity contribution in [2.45, 2.75) is 13.3 Å². The van der Waals surface area contributed by atoms with E-state index in [9.17, 15) is 9.18 Å². The lowest BCUT2D eigenvalue weighted by Gasteiger charge is -2.24. The number of nitrogens with one attached hydrogen (secondary N) is 1. The molecule has 0 saturated heterocycles. The number of carbonyl (C=O) groups excluding carboxylic acids is 1. The average Bonchev–Trinajstić information content (AvgIpc) is 2.50. The van der Waals surface area contributed by atoms with E-state index in [1.807, 2.05) is 31.2 Å². The summed E-state index contributed by atoms with van der Waals surface area (Å²) in [5.41, 5.74) is 2.38. The molecule has 1 N–H and O–H groups in total. The van der Waals surface area contributed by atoms with Crippen LogP contribution in [0.25, 0.3) is 0 Å². The highest BCUT2D eigenvalue weighted by Gasteiger charge is 2.26. The van der Waals surface area contributed by atoms with Gasteiger partial charge in [-0.05, 0) is 42.7 Å². The predicted molar refractivity (Wildman–Crippen MR) is 78.9 cm³/mol. The Balaban J connectivity index is 1.74. The maximum atomic E-state index is 13.3. The van der Waals surface area contributed by atoms with E-state index in [2.05, 4.69) is 5.32 Å². The van der Waals surface area contributed by atoms with Crippen LogP contribution in [0.5, 0.6) is 5.75 Å². The number of para-hydroxylation sites is 1. The van der Waals surface area contributed by atoms with Crippen LogP contribution >= 0.6 is 0 Å². The maximum Gasteiger partial charge on any atom is 0.231 e. The van der Waals surface area contributed by atoms with E-state index in [4.69, 9.17) is 4.74 Å². The van der Waals surface area contributed by atoms with E-state index in [0.717, 1.165) is 16.9 Å². The molecule has 3 nitrogen and oxygen atoms in total. The van der Waals surface area contributed by atoms with E-state index in [-0.39, 0.29) is 17.6 Å². The first-order valence-electron chi connectivity index (χ1n) is 6.91. The fraction of sp³-hybridized carbons (Fsp3) is 0.235. The SMILES string of the molecule is Cc1ccc(F)cc1NC(=O)C1COc2ccccc2C1. The third kappa shape index (κ3) is 2.89. The van der Waals surface area contributed by atoms with Gasteiger partial charge in [-0.3, -0.25) is 4.79 Å². The van der Waals surface area contributed by atoms with Gasteiger partial charge in [0.15, 0.2) is 0 Å². The van der Waals surface area contributed by atoms with Crippen molar-refractivity contribution in [2.75, 3.05) is 11.9 Å². The molecule has 1 aliphatic rings. The average molecular weight is 285 g/mol. The lowest BCUT2D eigenvalue weighted by Crippen LogP contribution is -2.32. The van der Waals surface area contributed by atoms with E-state index < -0.39 is 0 Å². The number of fused-ring (bicyclic) bond motifs is 1. The topological polar surface area (TPSA) is 38.3 Å². The number of rotatable bonds is 2. The second-order valence-electron chi connectivity index (χ2n) is 5.27. The van der Waals surface area contributed by atoms with Crippen LogP contribution in [0.2, 0.25) is 0 Å². The summed E-state index contributed by atoms with van der Waals surface area (Å²) < 4.78 is 18.9. The summed E-state index contributed by atoms with van der Waals surface area (Å²) in [5.74, 6) is 0.0744. The summed E-state index contributed by atoms with van der Waals surface area (Å²) in [7, 11) is 0. The Morgan fingerprint density at radius 2 is 2.10 bits per heavy atom. The monoisotopic (exact) mass is 285 g/mol. The third-order valence-electron chi connectivity index (χ3n) is 3.71. The van der Waals surface area contributed by atoms with Crippen LogP contribution in [-0.2, 0) is 11.2 Å². The van der Waals surface area contributed by atoms with Gasteiger partial charge >= 0.3 is 0 Å². The molecule has 4 heteroatoms. The van der Waals surface area contributed by atoms with Gasteiger partial charge in [-0.1, -0.05) is 24.3 Å². The molecule has 1 atom stereocenters. The van der Waals surface area contributed by atoms with E-state index >= 15 is 0 Å². The van der Waals surface area contributed by atoms with Gasteiger partial charge in [0.2, 0.25) is 5.91 Å². The molecular formula is C17H16FNO2. The summed E-state index contributed by atoms with van der Waals surface area (Å²) in [5, 5.41) is 2.79. The predicted octanol–water partition coefficient (Wildman–Crippen LogP) is 3.32. The number of amides is 1. The highest BCUT2D eigenvalue weighted by molar-refractivity contribution is 5.93. The number of anilines is 1. The fourth-order valence-electron chi connectivity index (χ4n) is 2.46. The second kappa shape index (κ2) is 5.56. The summed E-state index contributed by atoms with van der Waals surface area (Å²) >= 11 is 0. The van der Waals surface area contributed by atoms with Gasteiger partial charge in [0.1, 0.15) is 18.2 Å². The molecule has 21 heavy (non-hydrogen) atoms. The van der Waals surface area contributed by atoms with Crippen LogP contribution in [0.1, 0.15) is 11.1 Å². The first-order chi connectivity index (χ1) is 10.1. The van der Waals surface area contributed by atoms with Crippen molar-refractivity contribution in [2.24, 2.45) is 5.92 Å². The van der Waals surface area contributed by atoms with E-state index in [1.165, 1.54) is 12.1 Å². The quantitative estimate of drug-likeness (QED) is 0.919. The van der Waals surface area contributed by atoms with Crippen molar-refractivity contribution in [1.82, 2.24) is 0 Å². The van der Waals surface area contributed by atoms with Gasteiger partial charge in [0.05, 0.1) is 5.92 Å². The van der Waals surface area contributed by atoms with Crippen LogP contribution in [0.4, 0.5) is 10.1 Å². The van der Waals surface area contributed by atoms with Crippen LogP contribution in [-0.4, -0.2) is 12.5 Å². The number of hydrogen-bond acceptors (Lipinski definition) is 2. The number of ether oxygens (including phenoxy) is 1. The molecule has 0 saturated carbocycles. The summed E-state index contributed by atoms with van der Waals surface area (Å²) in [6.07, 6.45) is 0.635. The van der Waals surface area contributed by atoms with Gasteiger partial charge in [-0.15, -0.1) is 0 Å². The molecule has 1 heterocycles. The van der Waals surface area contributed by atoms with Gasteiger partial charge in [0, 0.05) is 5.69 Å².